The third-order valence-corrected chi connectivity index (χ3v) is 3.32. The van der Waals surface area contributed by atoms with Crippen LogP contribution in [0.5, 0.6) is 0 Å². The molecule has 114 valence electrons. The van der Waals surface area contributed by atoms with Crippen LogP contribution in [0.2, 0.25) is 0 Å². The number of rotatable bonds is 5. The second kappa shape index (κ2) is 6.44. The van der Waals surface area contributed by atoms with E-state index in [0.717, 1.165) is 24.5 Å². The van der Waals surface area contributed by atoms with E-state index in [9.17, 15) is 0 Å². The zero-order valence-corrected chi connectivity index (χ0v) is 13.8. The second-order valence-electron chi connectivity index (χ2n) is 7.14. The van der Waals surface area contributed by atoms with E-state index in [-0.39, 0.29) is 5.54 Å². The Morgan fingerprint density at radius 3 is 2.38 bits per heavy atom. The molecule has 1 aromatic carbocycles. The zero-order chi connectivity index (χ0) is 15.5. The van der Waals surface area contributed by atoms with E-state index in [1.807, 2.05) is 6.20 Å². The highest BCUT2D eigenvalue weighted by atomic mass is 15.0. The maximum Gasteiger partial charge on any atom is 0.120 e. The number of imidazole rings is 1. The summed E-state index contributed by atoms with van der Waals surface area (Å²) in [6.07, 6.45) is 3.04. The van der Waals surface area contributed by atoms with Gasteiger partial charge in [0.05, 0.1) is 18.4 Å². The number of benzene rings is 1. The van der Waals surface area contributed by atoms with Crippen LogP contribution >= 0.6 is 0 Å². The van der Waals surface area contributed by atoms with Gasteiger partial charge in [-0.3, -0.25) is 0 Å². The number of hydrogen-bond donors (Lipinski definition) is 2. The van der Waals surface area contributed by atoms with Crippen molar-refractivity contribution in [2.75, 3.05) is 0 Å². The van der Waals surface area contributed by atoms with Crippen molar-refractivity contribution >= 4 is 0 Å². The fourth-order valence-electron chi connectivity index (χ4n) is 2.24. The van der Waals surface area contributed by atoms with Crippen LogP contribution in [-0.2, 0) is 13.0 Å². The Labute approximate surface area is 128 Å². The van der Waals surface area contributed by atoms with Crippen LogP contribution < -0.4 is 5.32 Å². The lowest BCUT2D eigenvalue weighted by atomic mass is 10.0. The highest BCUT2D eigenvalue weighted by Gasteiger charge is 2.10. The van der Waals surface area contributed by atoms with Crippen LogP contribution in [0.3, 0.4) is 0 Å². The Morgan fingerprint density at radius 1 is 1.14 bits per heavy atom. The Bertz CT molecular complexity index is 559. The van der Waals surface area contributed by atoms with Gasteiger partial charge in [-0.25, -0.2) is 4.98 Å². The number of hydrogen-bond acceptors (Lipinski definition) is 2. The van der Waals surface area contributed by atoms with Crippen molar-refractivity contribution in [1.82, 2.24) is 15.3 Å². The number of H-pyrrole nitrogens is 1. The Kier molecular flexibility index (Phi) is 4.84. The highest BCUT2D eigenvalue weighted by molar-refractivity contribution is 5.58. The molecule has 0 unspecified atom stereocenters. The molecule has 1 heterocycles. The molecule has 2 rings (SSSR count). The molecule has 0 saturated carbocycles. The van der Waals surface area contributed by atoms with E-state index in [0.29, 0.717) is 5.92 Å². The number of nitrogens with one attached hydrogen (secondary N) is 2. The first-order chi connectivity index (χ1) is 9.83. The average molecular weight is 285 g/mol. The molecule has 0 aliphatic rings. The van der Waals surface area contributed by atoms with Gasteiger partial charge in [0, 0.05) is 5.54 Å². The highest BCUT2D eigenvalue weighted by Crippen LogP contribution is 2.19. The van der Waals surface area contributed by atoms with E-state index in [1.165, 1.54) is 11.1 Å². The lowest BCUT2D eigenvalue weighted by Gasteiger charge is -2.19. The summed E-state index contributed by atoms with van der Waals surface area (Å²) in [6, 6.07) is 8.77. The summed E-state index contributed by atoms with van der Waals surface area (Å²) < 4.78 is 0. The molecular formula is C18H27N3. The summed E-state index contributed by atoms with van der Waals surface area (Å²) in [5.74, 6) is 1.67. The molecule has 1 aromatic heterocycles. The summed E-state index contributed by atoms with van der Waals surface area (Å²) in [5.41, 5.74) is 3.77. The Hall–Kier alpha value is -1.61. The first-order valence-electron chi connectivity index (χ1n) is 7.72. The molecule has 0 fully saturated rings. The lowest BCUT2D eigenvalue weighted by molar-refractivity contribution is 0.418. The van der Waals surface area contributed by atoms with Crippen molar-refractivity contribution in [3.05, 3.63) is 41.9 Å². The van der Waals surface area contributed by atoms with Gasteiger partial charge in [-0.15, -0.1) is 0 Å². The Balaban J connectivity index is 2.03. The SMILES string of the molecule is CC(C)Cc1ccc(-c2cnc(CNC(C)(C)C)[nH]2)cc1. The van der Waals surface area contributed by atoms with Crippen LogP contribution in [0.1, 0.15) is 46.0 Å². The molecule has 0 radical (unpaired) electrons. The van der Waals surface area contributed by atoms with Gasteiger partial charge in [-0.2, -0.15) is 0 Å². The average Bonchev–Trinajstić information content (AvgIpc) is 2.84. The summed E-state index contributed by atoms with van der Waals surface area (Å²) in [5, 5.41) is 3.44. The van der Waals surface area contributed by atoms with Crippen molar-refractivity contribution in [3.8, 4) is 11.3 Å². The molecule has 0 amide bonds. The van der Waals surface area contributed by atoms with Crippen LogP contribution in [0.15, 0.2) is 30.5 Å². The maximum atomic E-state index is 4.45. The molecule has 2 aromatic rings. The molecule has 0 saturated heterocycles. The molecule has 0 aliphatic heterocycles. The fraction of sp³-hybridized carbons (Fsp3) is 0.500. The molecule has 0 bridgehead atoms. The molecule has 0 aliphatic carbocycles. The van der Waals surface area contributed by atoms with E-state index >= 15 is 0 Å². The molecular weight excluding hydrogens is 258 g/mol. The molecule has 21 heavy (non-hydrogen) atoms. The standard InChI is InChI=1S/C18H27N3/c1-13(2)10-14-6-8-15(9-7-14)16-11-19-17(21-16)12-20-18(3,4)5/h6-9,11,13,20H,10,12H2,1-5H3,(H,19,21). The third-order valence-electron chi connectivity index (χ3n) is 3.32. The van der Waals surface area contributed by atoms with Gasteiger partial charge in [0.25, 0.3) is 0 Å². The lowest BCUT2D eigenvalue weighted by Crippen LogP contribution is -2.35. The van der Waals surface area contributed by atoms with Crippen LogP contribution in [0.4, 0.5) is 0 Å². The molecule has 0 spiro atoms. The van der Waals surface area contributed by atoms with Gasteiger partial charge in [0.1, 0.15) is 5.82 Å². The predicted octanol–water partition coefficient (Wildman–Crippen LogP) is 4.16. The van der Waals surface area contributed by atoms with Gasteiger partial charge < -0.3 is 10.3 Å². The molecule has 3 nitrogen and oxygen atoms in total. The monoisotopic (exact) mass is 285 g/mol. The maximum absolute atomic E-state index is 4.45. The van der Waals surface area contributed by atoms with Crippen molar-refractivity contribution < 1.29 is 0 Å². The first kappa shape index (κ1) is 15.8. The molecule has 3 heteroatoms. The second-order valence-corrected chi connectivity index (χ2v) is 7.14. The Morgan fingerprint density at radius 2 is 1.81 bits per heavy atom. The fourth-order valence-corrected chi connectivity index (χ4v) is 2.24. The van der Waals surface area contributed by atoms with Crippen molar-refractivity contribution in [2.24, 2.45) is 5.92 Å². The van der Waals surface area contributed by atoms with Crippen LogP contribution in [0, 0.1) is 5.92 Å². The van der Waals surface area contributed by atoms with Crippen LogP contribution in [0.25, 0.3) is 11.3 Å². The predicted molar refractivity (Wildman–Crippen MR) is 89.2 cm³/mol. The van der Waals surface area contributed by atoms with Crippen molar-refractivity contribution in [1.29, 1.82) is 0 Å². The van der Waals surface area contributed by atoms with E-state index in [1.54, 1.807) is 0 Å². The molecule has 2 N–H and O–H groups in total. The zero-order valence-electron chi connectivity index (χ0n) is 13.8. The topological polar surface area (TPSA) is 40.7 Å². The van der Waals surface area contributed by atoms with Gasteiger partial charge in [0.2, 0.25) is 0 Å². The summed E-state index contributed by atoms with van der Waals surface area (Å²) in [7, 11) is 0. The van der Waals surface area contributed by atoms with E-state index in [4.69, 9.17) is 0 Å². The first-order valence-corrected chi connectivity index (χ1v) is 7.72. The summed E-state index contributed by atoms with van der Waals surface area (Å²) >= 11 is 0. The quantitative estimate of drug-likeness (QED) is 0.866. The smallest absolute Gasteiger partial charge is 0.120 e. The largest absolute Gasteiger partial charge is 0.341 e. The summed E-state index contributed by atoms with van der Waals surface area (Å²) in [4.78, 5) is 7.84. The number of nitrogens with zero attached hydrogens (tertiary/aromatic N) is 1. The summed E-state index contributed by atoms with van der Waals surface area (Å²) in [6.45, 7) is 11.7. The van der Waals surface area contributed by atoms with Crippen LogP contribution in [-0.4, -0.2) is 15.5 Å². The number of aromatic amines is 1. The third kappa shape index (κ3) is 5.01. The van der Waals surface area contributed by atoms with Gasteiger partial charge in [0.15, 0.2) is 0 Å². The number of aromatic nitrogens is 2. The van der Waals surface area contributed by atoms with Gasteiger partial charge in [-0.05, 0) is 44.2 Å². The van der Waals surface area contributed by atoms with Crippen molar-refractivity contribution in [2.45, 2.75) is 53.1 Å². The van der Waals surface area contributed by atoms with Gasteiger partial charge in [-0.1, -0.05) is 38.1 Å². The van der Waals surface area contributed by atoms with E-state index < -0.39 is 0 Å². The minimum atomic E-state index is 0.103. The normalized spacial score (nSPS) is 12.1. The van der Waals surface area contributed by atoms with E-state index in [2.05, 4.69) is 74.2 Å². The molecule has 0 atom stereocenters. The van der Waals surface area contributed by atoms with Gasteiger partial charge >= 0.3 is 0 Å². The minimum absolute atomic E-state index is 0.103. The van der Waals surface area contributed by atoms with Crippen molar-refractivity contribution in [3.63, 3.8) is 0 Å². The minimum Gasteiger partial charge on any atom is -0.341 e.